The Labute approximate surface area is 178 Å². The van der Waals surface area contributed by atoms with Gasteiger partial charge in [0.15, 0.2) is 11.6 Å². The molecular formula is C21H22ClF2O3PS. The number of fused-ring (bicyclic) bond motifs is 1. The smallest absolute Gasteiger partial charge is 0.308 e. The minimum absolute atomic E-state index is 0.180. The van der Waals surface area contributed by atoms with Crippen LogP contribution < -0.4 is 0 Å². The lowest BCUT2D eigenvalue weighted by Gasteiger charge is -2.26. The van der Waals surface area contributed by atoms with Crippen LogP contribution in [0.1, 0.15) is 35.5 Å². The molecule has 0 saturated carbocycles. The molecule has 1 atom stereocenters. The van der Waals surface area contributed by atoms with Crippen LogP contribution in [0, 0.1) is 18.6 Å². The van der Waals surface area contributed by atoms with Crippen molar-refractivity contribution >= 4 is 40.6 Å². The van der Waals surface area contributed by atoms with Crippen molar-refractivity contribution in [2.24, 2.45) is 0 Å². The molecule has 3 nitrogen and oxygen atoms in total. The first-order valence-corrected chi connectivity index (χ1v) is 12.1. The molecule has 0 bridgehead atoms. The van der Waals surface area contributed by atoms with E-state index in [1.54, 1.807) is 13.8 Å². The first kappa shape index (κ1) is 22.4. The van der Waals surface area contributed by atoms with Crippen LogP contribution >= 0.6 is 30.5 Å². The number of benzene rings is 2. The SMILES string of the molecule is CCOP(=O)(OCC)C(Cc1ccc(F)c(F)c1)c1sc2cccc(Cl)c2c1C. The number of rotatable bonds is 8. The Hall–Kier alpha value is -1.30. The summed E-state index contributed by atoms with van der Waals surface area (Å²) in [5.74, 6) is -1.87. The second-order valence-electron chi connectivity index (χ2n) is 6.55. The zero-order chi connectivity index (χ0) is 21.2. The van der Waals surface area contributed by atoms with Crippen LogP contribution in [0.4, 0.5) is 8.78 Å². The van der Waals surface area contributed by atoms with Crippen molar-refractivity contribution in [3.05, 3.63) is 69.1 Å². The summed E-state index contributed by atoms with van der Waals surface area (Å²) in [7, 11) is -3.59. The van der Waals surface area contributed by atoms with E-state index in [1.807, 2.05) is 25.1 Å². The first-order valence-electron chi connectivity index (χ1n) is 9.31. The van der Waals surface area contributed by atoms with Gasteiger partial charge in [0.1, 0.15) is 0 Å². The molecule has 0 N–H and O–H groups in total. The van der Waals surface area contributed by atoms with Gasteiger partial charge in [-0.05, 0) is 62.6 Å². The molecule has 8 heteroatoms. The summed E-state index contributed by atoms with van der Waals surface area (Å²) >= 11 is 7.87. The highest BCUT2D eigenvalue weighted by atomic mass is 35.5. The molecule has 156 valence electrons. The molecular weight excluding hydrogens is 437 g/mol. The Morgan fingerprint density at radius 3 is 2.38 bits per heavy atom. The predicted molar refractivity (Wildman–Crippen MR) is 115 cm³/mol. The molecule has 0 radical (unpaired) electrons. The largest absolute Gasteiger partial charge is 0.339 e. The monoisotopic (exact) mass is 458 g/mol. The summed E-state index contributed by atoms with van der Waals surface area (Å²) in [5, 5.41) is 1.50. The van der Waals surface area contributed by atoms with Crippen molar-refractivity contribution in [1.29, 1.82) is 0 Å². The second-order valence-corrected chi connectivity index (χ2v) is 10.3. The van der Waals surface area contributed by atoms with Gasteiger partial charge in [-0.15, -0.1) is 11.3 Å². The van der Waals surface area contributed by atoms with Crippen LogP contribution in [-0.4, -0.2) is 13.2 Å². The Kier molecular flexibility index (Phi) is 7.13. The zero-order valence-corrected chi connectivity index (χ0v) is 18.8. The van der Waals surface area contributed by atoms with Crippen LogP contribution in [0.15, 0.2) is 36.4 Å². The van der Waals surface area contributed by atoms with Crippen LogP contribution in [0.5, 0.6) is 0 Å². The van der Waals surface area contributed by atoms with E-state index in [-0.39, 0.29) is 19.6 Å². The Balaban J connectivity index is 2.17. The van der Waals surface area contributed by atoms with Gasteiger partial charge in [-0.2, -0.15) is 0 Å². The molecule has 0 aliphatic rings. The minimum Gasteiger partial charge on any atom is -0.308 e. The van der Waals surface area contributed by atoms with E-state index in [0.717, 1.165) is 32.7 Å². The van der Waals surface area contributed by atoms with Gasteiger partial charge in [-0.3, -0.25) is 4.57 Å². The highest BCUT2D eigenvalue weighted by molar-refractivity contribution is 7.54. The van der Waals surface area contributed by atoms with Gasteiger partial charge in [0.05, 0.1) is 18.9 Å². The number of hydrogen-bond acceptors (Lipinski definition) is 4. The number of aryl methyl sites for hydroxylation is 1. The van der Waals surface area contributed by atoms with Crippen molar-refractivity contribution in [2.75, 3.05) is 13.2 Å². The third kappa shape index (κ3) is 4.57. The lowest BCUT2D eigenvalue weighted by Crippen LogP contribution is -2.10. The molecule has 3 aromatic rings. The van der Waals surface area contributed by atoms with E-state index in [9.17, 15) is 13.3 Å². The maximum Gasteiger partial charge on any atom is 0.339 e. The molecule has 2 aromatic carbocycles. The fraction of sp³-hybridized carbons (Fsp3) is 0.333. The highest BCUT2D eigenvalue weighted by Gasteiger charge is 2.39. The average Bonchev–Trinajstić information content (AvgIpc) is 3.00. The van der Waals surface area contributed by atoms with Crippen molar-refractivity contribution in [2.45, 2.75) is 32.9 Å². The Morgan fingerprint density at radius 1 is 1.10 bits per heavy atom. The Morgan fingerprint density at radius 2 is 1.79 bits per heavy atom. The van der Waals surface area contributed by atoms with Crippen molar-refractivity contribution in [3.63, 3.8) is 0 Å². The summed E-state index contributed by atoms with van der Waals surface area (Å²) in [6.45, 7) is 5.82. The maximum atomic E-state index is 13.8. The van der Waals surface area contributed by atoms with E-state index in [2.05, 4.69) is 0 Å². The maximum absolute atomic E-state index is 13.8. The van der Waals surface area contributed by atoms with Gasteiger partial charge in [-0.1, -0.05) is 23.7 Å². The van der Waals surface area contributed by atoms with E-state index in [4.69, 9.17) is 20.6 Å². The van der Waals surface area contributed by atoms with E-state index in [0.29, 0.717) is 10.6 Å². The van der Waals surface area contributed by atoms with E-state index >= 15 is 0 Å². The lowest BCUT2D eigenvalue weighted by molar-refractivity contribution is 0.212. The van der Waals surface area contributed by atoms with Crippen LogP contribution in [0.25, 0.3) is 10.1 Å². The van der Waals surface area contributed by atoms with Gasteiger partial charge in [0.25, 0.3) is 0 Å². The molecule has 1 aromatic heterocycles. The molecule has 1 heterocycles. The van der Waals surface area contributed by atoms with Crippen LogP contribution in [-0.2, 0) is 20.0 Å². The lowest BCUT2D eigenvalue weighted by atomic mass is 10.0. The molecule has 0 spiro atoms. The predicted octanol–water partition coefficient (Wildman–Crippen LogP) is 7.69. The second kappa shape index (κ2) is 9.23. The topological polar surface area (TPSA) is 35.5 Å². The number of halogens is 3. The fourth-order valence-corrected chi connectivity index (χ4v) is 7.61. The van der Waals surface area contributed by atoms with Gasteiger partial charge in [0.2, 0.25) is 0 Å². The highest BCUT2D eigenvalue weighted by Crippen LogP contribution is 2.64. The molecule has 0 fully saturated rings. The van der Waals surface area contributed by atoms with Crippen molar-refractivity contribution < 1.29 is 22.4 Å². The molecule has 0 amide bonds. The van der Waals surface area contributed by atoms with Crippen molar-refractivity contribution in [1.82, 2.24) is 0 Å². The average molecular weight is 459 g/mol. The molecule has 1 unspecified atom stereocenters. The first-order chi connectivity index (χ1) is 13.8. The third-order valence-electron chi connectivity index (χ3n) is 4.66. The Bertz CT molecular complexity index is 1060. The van der Waals surface area contributed by atoms with Crippen LogP contribution in [0.2, 0.25) is 5.02 Å². The molecule has 0 aliphatic carbocycles. The number of hydrogen-bond donors (Lipinski definition) is 0. The molecule has 0 aliphatic heterocycles. The zero-order valence-electron chi connectivity index (χ0n) is 16.4. The quantitative estimate of drug-likeness (QED) is 0.324. The molecule has 29 heavy (non-hydrogen) atoms. The van der Waals surface area contributed by atoms with Crippen LogP contribution in [0.3, 0.4) is 0 Å². The molecule has 3 rings (SSSR count). The summed E-state index contributed by atoms with van der Waals surface area (Å²) in [6, 6.07) is 9.30. The molecule has 0 saturated heterocycles. The summed E-state index contributed by atoms with van der Waals surface area (Å²) in [4.78, 5) is 0.808. The van der Waals surface area contributed by atoms with Gasteiger partial charge >= 0.3 is 7.60 Å². The fourth-order valence-electron chi connectivity index (χ4n) is 3.40. The number of thiophene rings is 1. The van der Waals surface area contributed by atoms with E-state index < -0.39 is 24.9 Å². The standard InChI is InChI=1S/C21H22ClF2O3PS/c1-4-26-28(25,27-5-2)18(12-14-9-10-16(23)17(24)11-14)21-13(3)20-15(22)7-6-8-19(20)29-21/h6-11,18H,4-5,12H2,1-3H3. The summed E-state index contributed by atoms with van der Waals surface area (Å²) in [6.07, 6.45) is 0.180. The third-order valence-corrected chi connectivity index (χ3v) is 8.96. The van der Waals surface area contributed by atoms with Gasteiger partial charge in [-0.25, -0.2) is 8.78 Å². The van der Waals surface area contributed by atoms with Gasteiger partial charge in [0, 0.05) is 20.0 Å². The van der Waals surface area contributed by atoms with Crippen molar-refractivity contribution in [3.8, 4) is 0 Å². The van der Waals surface area contributed by atoms with E-state index in [1.165, 1.54) is 17.4 Å². The summed E-state index contributed by atoms with van der Waals surface area (Å²) < 4.78 is 53.2. The normalized spacial score (nSPS) is 13.2. The minimum atomic E-state index is -3.59. The van der Waals surface area contributed by atoms with Gasteiger partial charge < -0.3 is 9.05 Å². The summed E-state index contributed by atoms with van der Waals surface area (Å²) in [5.41, 5.74) is 0.736.